The molecule has 1 aliphatic rings. The lowest BCUT2D eigenvalue weighted by atomic mass is 10.2. The standard InChI is InChI=1S/C18H25ClN4O2S/c1-14(2)13-23-17(22-6-8-24-9-7-22)20-21-18(23)26-11-10-25-16-5-3-4-15(19)12-16/h3-5,12,14H,6-11,13H2,1-2H3. The summed E-state index contributed by atoms with van der Waals surface area (Å²) < 4.78 is 13.4. The topological polar surface area (TPSA) is 52.4 Å². The van der Waals surface area contributed by atoms with E-state index in [1.807, 2.05) is 24.3 Å². The summed E-state index contributed by atoms with van der Waals surface area (Å²) >= 11 is 7.65. The number of aromatic nitrogens is 3. The van der Waals surface area contributed by atoms with Crippen molar-refractivity contribution in [1.82, 2.24) is 14.8 Å². The monoisotopic (exact) mass is 396 g/mol. The molecule has 2 heterocycles. The minimum Gasteiger partial charge on any atom is -0.493 e. The molecule has 0 spiro atoms. The second-order valence-electron chi connectivity index (χ2n) is 6.54. The average Bonchev–Trinajstić information content (AvgIpc) is 3.01. The number of halogens is 1. The Morgan fingerprint density at radius 2 is 2.08 bits per heavy atom. The first-order valence-electron chi connectivity index (χ1n) is 8.90. The third-order valence-corrected chi connectivity index (χ3v) is 5.08. The molecule has 8 heteroatoms. The molecule has 0 atom stereocenters. The Hall–Kier alpha value is -1.44. The van der Waals surface area contributed by atoms with Crippen molar-refractivity contribution in [3.05, 3.63) is 29.3 Å². The summed E-state index contributed by atoms with van der Waals surface area (Å²) in [6, 6.07) is 7.46. The molecule has 1 fully saturated rings. The van der Waals surface area contributed by atoms with Crippen LogP contribution in [0, 0.1) is 5.92 Å². The molecule has 0 bridgehead atoms. The first-order chi connectivity index (χ1) is 12.6. The molecule has 1 aromatic heterocycles. The zero-order chi connectivity index (χ0) is 18.4. The van der Waals surface area contributed by atoms with Crippen LogP contribution in [0.5, 0.6) is 5.75 Å². The lowest BCUT2D eigenvalue weighted by molar-refractivity contribution is 0.121. The highest BCUT2D eigenvalue weighted by molar-refractivity contribution is 7.99. The molecule has 1 aliphatic heterocycles. The van der Waals surface area contributed by atoms with E-state index >= 15 is 0 Å². The predicted octanol–water partition coefficient (Wildman–Crippen LogP) is 3.60. The van der Waals surface area contributed by atoms with Crippen molar-refractivity contribution in [1.29, 1.82) is 0 Å². The smallest absolute Gasteiger partial charge is 0.228 e. The van der Waals surface area contributed by atoms with Gasteiger partial charge in [0.05, 0.1) is 19.8 Å². The van der Waals surface area contributed by atoms with Crippen LogP contribution in [0.3, 0.4) is 0 Å². The minimum absolute atomic E-state index is 0.521. The van der Waals surface area contributed by atoms with Gasteiger partial charge >= 0.3 is 0 Å². The number of morpholine rings is 1. The minimum atomic E-state index is 0.521. The summed E-state index contributed by atoms with van der Waals surface area (Å²) in [5.74, 6) is 3.05. The zero-order valence-electron chi connectivity index (χ0n) is 15.2. The van der Waals surface area contributed by atoms with Crippen molar-refractivity contribution < 1.29 is 9.47 Å². The molecule has 6 nitrogen and oxygen atoms in total. The van der Waals surface area contributed by atoms with E-state index in [1.165, 1.54) is 0 Å². The van der Waals surface area contributed by atoms with E-state index in [0.29, 0.717) is 17.5 Å². The predicted molar refractivity (Wildman–Crippen MR) is 106 cm³/mol. The molecular formula is C18H25ClN4O2S. The molecule has 2 aromatic rings. The molecule has 0 aliphatic carbocycles. The number of ether oxygens (including phenoxy) is 2. The normalized spacial score (nSPS) is 14.8. The van der Waals surface area contributed by atoms with Crippen molar-refractivity contribution in [2.24, 2.45) is 5.92 Å². The van der Waals surface area contributed by atoms with Gasteiger partial charge in [-0.3, -0.25) is 4.57 Å². The van der Waals surface area contributed by atoms with Crippen LogP contribution in [0.1, 0.15) is 13.8 Å². The number of hydrogen-bond acceptors (Lipinski definition) is 6. The Bertz CT molecular complexity index is 704. The van der Waals surface area contributed by atoms with Gasteiger partial charge < -0.3 is 14.4 Å². The Labute approximate surface area is 163 Å². The number of anilines is 1. The molecule has 3 rings (SSSR count). The van der Waals surface area contributed by atoms with Crippen molar-refractivity contribution in [2.45, 2.75) is 25.5 Å². The first-order valence-corrected chi connectivity index (χ1v) is 10.3. The van der Waals surface area contributed by atoms with E-state index in [1.54, 1.807) is 11.8 Å². The molecule has 0 radical (unpaired) electrons. The van der Waals surface area contributed by atoms with Crippen LogP contribution >= 0.6 is 23.4 Å². The van der Waals surface area contributed by atoms with Gasteiger partial charge in [0.25, 0.3) is 0 Å². The molecular weight excluding hydrogens is 372 g/mol. The number of rotatable bonds is 8. The van der Waals surface area contributed by atoms with E-state index in [-0.39, 0.29) is 0 Å². The zero-order valence-corrected chi connectivity index (χ0v) is 16.8. The van der Waals surface area contributed by atoms with Crippen molar-refractivity contribution in [2.75, 3.05) is 43.6 Å². The highest BCUT2D eigenvalue weighted by atomic mass is 35.5. The van der Waals surface area contributed by atoms with Crippen LogP contribution < -0.4 is 9.64 Å². The molecule has 1 saturated heterocycles. The Kier molecular flexibility index (Phi) is 7.05. The summed E-state index contributed by atoms with van der Waals surface area (Å²) in [5, 5.41) is 10.5. The Balaban J connectivity index is 1.60. The van der Waals surface area contributed by atoms with Crippen LogP contribution in [0.2, 0.25) is 5.02 Å². The van der Waals surface area contributed by atoms with Crippen LogP contribution in [0.25, 0.3) is 0 Å². The maximum absolute atomic E-state index is 5.98. The first kappa shape index (κ1) is 19.3. The maximum Gasteiger partial charge on any atom is 0.228 e. The van der Waals surface area contributed by atoms with Gasteiger partial charge in [0.2, 0.25) is 5.95 Å². The highest BCUT2D eigenvalue weighted by Gasteiger charge is 2.21. The maximum atomic E-state index is 5.98. The van der Waals surface area contributed by atoms with Crippen molar-refractivity contribution in [3.63, 3.8) is 0 Å². The van der Waals surface area contributed by atoms with Gasteiger partial charge in [-0.05, 0) is 24.1 Å². The lowest BCUT2D eigenvalue weighted by Gasteiger charge is -2.28. The molecule has 0 N–H and O–H groups in total. The summed E-state index contributed by atoms with van der Waals surface area (Å²) in [5.41, 5.74) is 0. The third kappa shape index (κ3) is 5.28. The van der Waals surface area contributed by atoms with E-state index in [4.69, 9.17) is 21.1 Å². The van der Waals surface area contributed by atoms with Crippen LogP contribution in [-0.2, 0) is 11.3 Å². The SMILES string of the molecule is CC(C)Cn1c(SCCOc2cccc(Cl)c2)nnc1N1CCOCC1. The summed E-state index contributed by atoms with van der Waals surface area (Å²) in [6.07, 6.45) is 0. The van der Waals surface area contributed by atoms with Crippen molar-refractivity contribution in [3.8, 4) is 5.75 Å². The summed E-state index contributed by atoms with van der Waals surface area (Å²) in [7, 11) is 0. The van der Waals surface area contributed by atoms with Gasteiger partial charge in [-0.25, -0.2) is 0 Å². The number of nitrogens with zero attached hydrogens (tertiary/aromatic N) is 4. The van der Waals surface area contributed by atoms with Crippen molar-refractivity contribution >= 4 is 29.3 Å². The fourth-order valence-electron chi connectivity index (χ4n) is 2.76. The largest absolute Gasteiger partial charge is 0.493 e. The summed E-state index contributed by atoms with van der Waals surface area (Å²) in [6.45, 7) is 9.11. The second kappa shape index (κ2) is 9.48. The fourth-order valence-corrected chi connectivity index (χ4v) is 3.70. The van der Waals surface area contributed by atoms with E-state index in [9.17, 15) is 0 Å². The number of benzene rings is 1. The fraction of sp³-hybridized carbons (Fsp3) is 0.556. The Morgan fingerprint density at radius 1 is 1.27 bits per heavy atom. The van der Waals surface area contributed by atoms with Gasteiger partial charge in [0.15, 0.2) is 5.16 Å². The molecule has 0 saturated carbocycles. The number of hydrogen-bond donors (Lipinski definition) is 0. The molecule has 0 unspecified atom stereocenters. The third-order valence-electron chi connectivity index (χ3n) is 3.92. The summed E-state index contributed by atoms with van der Waals surface area (Å²) in [4.78, 5) is 2.26. The highest BCUT2D eigenvalue weighted by Crippen LogP contribution is 2.24. The molecule has 0 amide bonds. The van der Waals surface area contributed by atoms with Gasteiger partial charge in [-0.15, -0.1) is 10.2 Å². The lowest BCUT2D eigenvalue weighted by Crippen LogP contribution is -2.38. The number of thioether (sulfide) groups is 1. The van der Waals surface area contributed by atoms with E-state index in [2.05, 4.69) is 33.5 Å². The van der Waals surface area contributed by atoms with E-state index in [0.717, 1.165) is 55.5 Å². The van der Waals surface area contributed by atoms with Gasteiger partial charge in [0, 0.05) is 30.4 Å². The molecule has 1 aromatic carbocycles. The molecule has 26 heavy (non-hydrogen) atoms. The van der Waals surface area contributed by atoms with Crippen LogP contribution in [-0.4, -0.2) is 53.4 Å². The van der Waals surface area contributed by atoms with Gasteiger partial charge in [0.1, 0.15) is 5.75 Å². The van der Waals surface area contributed by atoms with E-state index < -0.39 is 0 Å². The van der Waals surface area contributed by atoms with Gasteiger partial charge in [-0.2, -0.15) is 0 Å². The second-order valence-corrected chi connectivity index (χ2v) is 8.04. The Morgan fingerprint density at radius 3 is 2.81 bits per heavy atom. The molecule has 142 valence electrons. The average molecular weight is 397 g/mol. The van der Waals surface area contributed by atoms with Crippen LogP contribution in [0.4, 0.5) is 5.95 Å². The quantitative estimate of drug-likeness (QED) is 0.502. The van der Waals surface area contributed by atoms with Crippen LogP contribution in [0.15, 0.2) is 29.4 Å². The van der Waals surface area contributed by atoms with Gasteiger partial charge in [-0.1, -0.05) is 43.3 Å².